The molecule has 0 fully saturated rings. The van der Waals surface area contributed by atoms with Gasteiger partial charge in [-0.25, -0.2) is 4.79 Å². The number of anilines is 1. The molecule has 198 valence electrons. The van der Waals surface area contributed by atoms with E-state index >= 15 is 0 Å². The first-order chi connectivity index (χ1) is 17.2. The molecule has 3 rings (SSSR count). The zero-order valence-electron chi connectivity index (χ0n) is 22.5. The highest BCUT2D eigenvalue weighted by molar-refractivity contribution is 6.06. The van der Waals surface area contributed by atoms with E-state index < -0.39 is 17.3 Å². The van der Waals surface area contributed by atoms with E-state index in [0.717, 1.165) is 30.4 Å². The fourth-order valence-corrected chi connectivity index (χ4v) is 4.17. The van der Waals surface area contributed by atoms with Gasteiger partial charge in [-0.1, -0.05) is 6.07 Å². The van der Waals surface area contributed by atoms with Gasteiger partial charge in [-0.05, 0) is 114 Å². The number of carbonyl (C=O) groups excluding carboxylic acids is 3. The summed E-state index contributed by atoms with van der Waals surface area (Å²) in [6.45, 7) is 10.9. The minimum Gasteiger partial charge on any atom is -0.460 e. The number of amidine groups is 1. The number of amides is 2. The summed E-state index contributed by atoms with van der Waals surface area (Å²) < 4.78 is 10.6. The number of hydrogen-bond donors (Lipinski definition) is 3. The Balaban J connectivity index is 1.56. The molecule has 2 amide bonds. The smallest absolute Gasteiger partial charge is 0.413 e. The molecule has 3 N–H and O–H groups in total. The van der Waals surface area contributed by atoms with Crippen LogP contribution in [0, 0.1) is 11.3 Å². The lowest BCUT2D eigenvalue weighted by molar-refractivity contribution is -0.156. The van der Waals surface area contributed by atoms with Gasteiger partial charge in [-0.2, -0.15) is 0 Å². The molecule has 8 nitrogen and oxygen atoms in total. The number of nitrogens with one attached hydrogen (secondary N) is 3. The van der Waals surface area contributed by atoms with Gasteiger partial charge in [0.1, 0.15) is 17.0 Å². The van der Waals surface area contributed by atoms with Crippen LogP contribution in [0.4, 0.5) is 10.5 Å². The topological polar surface area (TPSA) is 118 Å². The van der Waals surface area contributed by atoms with Crippen LogP contribution >= 0.6 is 0 Å². The fraction of sp³-hybridized carbons (Fsp3) is 0.448. The van der Waals surface area contributed by atoms with Crippen LogP contribution in [0.5, 0.6) is 0 Å². The van der Waals surface area contributed by atoms with Crippen molar-refractivity contribution < 1.29 is 23.9 Å². The van der Waals surface area contributed by atoms with Crippen LogP contribution in [0.25, 0.3) is 0 Å². The Hall–Kier alpha value is -3.68. The zero-order valence-corrected chi connectivity index (χ0v) is 22.5. The Labute approximate surface area is 218 Å². The Morgan fingerprint density at radius 3 is 2.14 bits per heavy atom. The van der Waals surface area contributed by atoms with Crippen molar-refractivity contribution in [2.24, 2.45) is 5.92 Å². The summed E-state index contributed by atoms with van der Waals surface area (Å²) in [5.74, 6) is -0.247. The second-order valence-electron chi connectivity index (χ2n) is 11.4. The molecule has 2 aromatic rings. The van der Waals surface area contributed by atoms with Crippen molar-refractivity contribution in [1.82, 2.24) is 5.32 Å². The van der Waals surface area contributed by atoms with E-state index in [4.69, 9.17) is 14.9 Å². The molecule has 1 unspecified atom stereocenters. The summed E-state index contributed by atoms with van der Waals surface area (Å²) in [5, 5.41) is 13.3. The van der Waals surface area contributed by atoms with Gasteiger partial charge in [-0.3, -0.25) is 20.3 Å². The maximum Gasteiger partial charge on any atom is 0.413 e. The number of rotatable bonds is 5. The van der Waals surface area contributed by atoms with Gasteiger partial charge in [-0.15, -0.1) is 0 Å². The molecule has 0 bridgehead atoms. The van der Waals surface area contributed by atoms with Crippen LogP contribution in [0.15, 0.2) is 42.5 Å². The first kappa shape index (κ1) is 27.9. The first-order valence-electron chi connectivity index (χ1n) is 12.5. The van der Waals surface area contributed by atoms with E-state index in [1.165, 1.54) is 0 Å². The second kappa shape index (κ2) is 11.2. The van der Waals surface area contributed by atoms with Crippen molar-refractivity contribution in [3.63, 3.8) is 0 Å². The highest BCUT2D eigenvalue weighted by Gasteiger charge is 2.25. The van der Waals surface area contributed by atoms with Gasteiger partial charge in [0.25, 0.3) is 5.91 Å². The molecule has 0 aromatic heterocycles. The summed E-state index contributed by atoms with van der Waals surface area (Å²) in [4.78, 5) is 36.9. The third-order valence-electron chi connectivity index (χ3n) is 5.73. The number of aryl methyl sites for hydroxylation is 1. The van der Waals surface area contributed by atoms with Crippen LogP contribution in [-0.2, 0) is 27.1 Å². The zero-order chi connectivity index (χ0) is 27.4. The molecular weight excluding hydrogens is 470 g/mol. The van der Waals surface area contributed by atoms with Crippen LogP contribution in [0.1, 0.15) is 81.4 Å². The number of carbonyl (C=O) groups is 3. The van der Waals surface area contributed by atoms with Crippen LogP contribution in [0.3, 0.4) is 0 Å². The van der Waals surface area contributed by atoms with Crippen molar-refractivity contribution in [2.75, 3.05) is 5.32 Å². The van der Waals surface area contributed by atoms with Gasteiger partial charge < -0.3 is 14.8 Å². The third kappa shape index (κ3) is 8.74. The van der Waals surface area contributed by atoms with Crippen LogP contribution in [-0.4, -0.2) is 35.0 Å². The third-order valence-corrected chi connectivity index (χ3v) is 5.73. The largest absolute Gasteiger partial charge is 0.460 e. The number of ether oxygens (including phenoxy) is 2. The summed E-state index contributed by atoms with van der Waals surface area (Å²) in [5.41, 5.74) is 2.78. The summed E-state index contributed by atoms with van der Waals surface area (Å²) in [6.07, 6.45) is 2.19. The number of benzene rings is 2. The van der Waals surface area contributed by atoms with Crippen molar-refractivity contribution in [3.05, 3.63) is 64.7 Å². The molecule has 0 heterocycles. The maximum atomic E-state index is 12.9. The normalized spacial score (nSPS) is 15.2. The van der Waals surface area contributed by atoms with Crippen LogP contribution < -0.4 is 10.6 Å². The summed E-state index contributed by atoms with van der Waals surface area (Å²) in [7, 11) is 0. The SMILES string of the molecule is CC(C)(C)OC(=O)CC1CCc2cc(C(=O)Nc3ccc(C(=N)NC(=O)OC(C)(C)C)cc3)ccc2C1. The van der Waals surface area contributed by atoms with Gasteiger partial charge in [0.05, 0.1) is 0 Å². The molecule has 0 spiro atoms. The molecule has 1 atom stereocenters. The van der Waals surface area contributed by atoms with E-state index in [1.54, 1.807) is 51.1 Å². The van der Waals surface area contributed by atoms with Crippen molar-refractivity contribution in [3.8, 4) is 0 Å². The molecular formula is C29H37N3O5. The second-order valence-corrected chi connectivity index (χ2v) is 11.4. The molecule has 0 radical (unpaired) electrons. The first-order valence-corrected chi connectivity index (χ1v) is 12.5. The quantitative estimate of drug-likeness (QED) is 0.276. The number of fused-ring (bicyclic) bond motifs is 1. The molecule has 2 aromatic carbocycles. The van der Waals surface area contributed by atoms with E-state index in [2.05, 4.69) is 10.6 Å². The number of hydrogen-bond acceptors (Lipinski definition) is 6. The lowest BCUT2D eigenvalue weighted by atomic mass is 9.81. The van der Waals surface area contributed by atoms with E-state index in [9.17, 15) is 14.4 Å². The van der Waals surface area contributed by atoms with Gasteiger partial charge in [0.15, 0.2) is 0 Å². The molecule has 1 aliphatic carbocycles. The average molecular weight is 508 g/mol. The van der Waals surface area contributed by atoms with Gasteiger partial charge in [0.2, 0.25) is 0 Å². The number of esters is 1. The predicted molar refractivity (Wildman–Crippen MR) is 143 cm³/mol. The Kier molecular flexibility index (Phi) is 8.41. The summed E-state index contributed by atoms with van der Waals surface area (Å²) >= 11 is 0. The fourth-order valence-electron chi connectivity index (χ4n) is 4.17. The average Bonchev–Trinajstić information content (AvgIpc) is 2.76. The summed E-state index contributed by atoms with van der Waals surface area (Å²) in [6, 6.07) is 12.3. The minimum absolute atomic E-state index is 0.0909. The van der Waals surface area contributed by atoms with Crippen molar-refractivity contribution in [1.29, 1.82) is 5.41 Å². The van der Waals surface area contributed by atoms with E-state index in [-0.39, 0.29) is 23.6 Å². The van der Waals surface area contributed by atoms with Crippen molar-refractivity contribution >= 4 is 29.5 Å². The lowest BCUT2D eigenvalue weighted by Gasteiger charge is -2.26. The molecule has 0 aliphatic heterocycles. The molecule has 1 aliphatic rings. The van der Waals surface area contributed by atoms with Gasteiger partial charge >= 0.3 is 12.1 Å². The van der Waals surface area contributed by atoms with E-state index in [1.807, 2.05) is 32.9 Å². The number of alkyl carbamates (subject to hydrolysis) is 1. The Bertz CT molecular complexity index is 1170. The Morgan fingerprint density at radius 1 is 0.892 bits per heavy atom. The van der Waals surface area contributed by atoms with Crippen LogP contribution in [0.2, 0.25) is 0 Å². The van der Waals surface area contributed by atoms with Crippen molar-refractivity contribution in [2.45, 2.75) is 78.4 Å². The molecule has 37 heavy (non-hydrogen) atoms. The highest BCUT2D eigenvalue weighted by Crippen LogP contribution is 2.29. The molecule has 0 saturated carbocycles. The molecule has 0 saturated heterocycles. The van der Waals surface area contributed by atoms with Gasteiger partial charge in [0, 0.05) is 23.2 Å². The lowest BCUT2D eigenvalue weighted by Crippen LogP contribution is -2.36. The monoisotopic (exact) mass is 507 g/mol. The minimum atomic E-state index is -0.696. The maximum absolute atomic E-state index is 12.9. The highest BCUT2D eigenvalue weighted by atomic mass is 16.6. The molecule has 8 heteroatoms. The predicted octanol–water partition coefficient (Wildman–Crippen LogP) is 5.63. The van der Waals surface area contributed by atoms with E-state index in [0.29, 0.717) is 23.2 Å². The Morgan fingerprint density at radius 2 is 1.51 bits per heavy atom. The standard InChI is InChI=1S/C29H37N3O5/c1-28(2,3)36-24(33)16-18-7-8-21-17-22(10-9-20(21)15-18)26(34)31-23-13-11-19(12-14-23)25(30)32-27(35)37-29(4,5)6/h9-14,17-18H,7-8,15-16H2,1-6H3,(H,31,34)(H2,30,32,35).